The van der Waals surface area contributed by atoms with E-state index in [1.165, 1.54) is 6.08 Å². The van der Waals surface area contributed by atoms with Crippen molar-refractivity contribution in [3.63, 3.8) is 0 Å². The Bertz CT molecular complexity index is 326. The summed E-state index contributed by atoms with van der Waals surface area (Å²) in [4.78, 5) is 10.2. The summed E-state index contributed by atoms with van der Waals surface area (Å²) in [5, 5.41) is 8.37. The molecule has 1 atom stereocenters. The van der Waals surface area contributed by atoms with Gasteiger partial charge in [-0.2, -0.15) is 8.42 Å². The topological polar surface area (TPSA) is 91.7 Å². The van der Waals surface area contributed by atoms with E-state index in [0.29, 0.717) is 0 Å². The van der Waals surface area contributed by atoms with E-state index in [2.05, 4.69) is 0 Å². The van der Waals surface area contributed by atoms with Crippen molar-refractivity contribution in [1.29, 1.82) is 0 Å². The van der Waals surface area contributed by atoms with Gasteiger partial charge in [-0.3, -0.25) is 4.55 Å². The van der Waals surface area contributed by atoms with Gasteiger partial charge in [0.25, 0.3) is 10.1 Å². The van der Waals surface area contributed by atoms with Crippen LogP contribution in [0.2, 0.25) is 0 Å². The molecule has 1 rings (SSSR count). The third kappa shape index (κ3) is 2.31. The molecule has 0 radical (unpaired) electrons. The maximum Gasteiger partial charge on any atom is 0.331 e. The van der Waals surface area contributed by atoms with Crippen molar-refractivity contribution < 1.29 is 22.9 Å². The molecular formula is C6H8O5S. The fraction of sp³-hybridized carbons (Fsp3) is 0.500. The summed E-state index contributed by atoms with van der Waals surface area (Å²) in [5.74, 6) is -1.75. The summed E-state index contributed by atoms with van der Waals surface area (Å²) in [6.45, 7) is 0. The normalized spacial score (nSPS) is 22.8. The van der Waals surface area contributed by atoms with E-state index in [-0.39, 0.29) is 23.7 Å². The van der Waals surface area contributed by atoms with Crippen molar-refractivity contribution in [1.82, 2.24) is 0 Å². The van der Waals surface area contributed by atoms with Crippen LogP contribution in [0.3, 0.4) is 0 Å². The van der Waals surface area contributed by atoms with Gasteiger partial charge in [0.2, 0.25) is 0 Å². The minimum Gasteiger partial charge on any atom is -0.478 e. The third-order valence-electron chi connectivity index (χ3n) is 1.62. The fourth-order valence-corrected chi connectivity index (χ4v) is 1.82. The highest BCUT2D eigenvalue weighted by molar-refractivity contribution is 7.85. The van der Waals surface area contributed by atoms with Gasteiger partial charge in [-0.1, -0.05) is 6.08 Å². The number of carboxylic acid groups (broad SMARTS) is 1. The Morgan fingerprint density at radius 2 is 2.17 bits per heavy atom. The average Bonchev–Trinajstić information content (AvgIpc) is 1.74. The molecule has 0 heterocycles. The molecule has 0 saturated heterocycles. The van der Waals surface area contributed by atoms with Crippen molar-refractivity contribution in [2.24, 2.45) is 5.92 Å². The average molecular weight is 192 g/mol. The molecule has 0 fully saturated rings. The monoisotopic (exact) mass is 192 g/mol. The van der Waals surface area contributed by atoms with Crippen LogP contribution in [0, 0.1) is 5.92 Å². The second-order valence-electron chi connectivity index (χ2n) is 2.71. The zero-order valence-electron chi connectivity index (χ0n) is 6.10. The van der Waals surface area contributed by atoms with E-state index in [0.717, 1.165) is 0 Å². The second-order valence-corrected chi connectivity index (χ2v) is 4.21. The number of hydrogen-bond donors (Lipinski definition) is 2. The maximum atomic E-state index is 10.3. The Balaban J connectivity index is 2.51. The van der Waals surface area contributed by atoms with Gasteiger partial charge in [-0.25, -0.2) is 4.79 Å². The number of carbonyl (C=O) groups is 1. The minimum atomic E-state index is -3.97. The van der Waals surface area contributed by atoms with Crippen LogP contribution in [0.5, 0.6) is 0 Å². The minimum absolute atomic E-state index is 0.212. The first-order valence-corrected chi connectivity index (χ1v) is 4.88. The van der Waals surface area contributed by atoms with Crippen LogP contribution in [-0.4, -0.2) is 29.8 Å². The lowest BCUT2D eigenvalue weighted by Crippen LogP contribution is -2.23. The summed E-state index contributed by atoms with van der Waals surface area (Å²) in [5.41, 5.74) is 0.212. The number of rotatable bonds is 3. The summed E-state index contributed by atoms with van der Waals surface area (Å²) < 4.78 is 29.0. The predicted octanol–water partition coefficient (Wildman–Crippen LogP) is -0.0949. The van der Waals surface area contributed by atoms with E-state index in [1.54, 1.807) is 0 Å². The first kappa shape index (κ1) is 9.21. The molecule has 1 unspecified atom stereocenters. The molecule has 0 aromatic carbocycles. The van der Waals surface area contributed by atoms with E-state index in [1.807, 2.05) is 0 Å². The number of allylic oxidation sites excluding steroid dienone is 1. The van der Waals surface area contributed by atoms with Gasteiger partial charge in [-0.15, -0.1) is 0 Å². The standard InChI is InChI=1S/C6H8O5S/c7-6(8)5-1-4(2-5)3-12(9,10)11/h1,4H,2-3H2,(H,7,8)(H,9,10,11). The molecular weight excluding hydrogens is 184 g/mol. The predicted molar refractivity (Wildman–Crippen MR) is 40.2 cm³/mol. The summed E-state index contributed by atoms with van der Waals surface area (Å²) in [6.07, 6.45) is 1.56. The Morgan fingerprint density at radius 3 is 2.50 bits per heavy atom. The Hall–Kier alpha value is -0.880. The molecule has 0 bridgehead atoms. The van der Waals surface area contributed by atoms with Crippen molar-refractivity contribution in [3.8, 4) is 0 Å². The first-order valence-electron chi connectivity index (χ1n) is 3.27. The van der Waals surface area contributed by atoms with E-state index in [9.17, 15) is 13.2 Å². The number of hydrogen-bond acceptors (Lipinski definition) is 3. The molecule has 68 valence electrons. The van der Waals surface area contributed by atoms with Crippen LogP contribution in [-0.2, 0) is 14.9 Å². The maximum absolute atomic E-state index is 10.3. The van der Waals surface area contributed by atoms with Crippen molar-refractivity contribution >= 4 is 16.1 Å². The van der Waals surface area contributed by atoms with E-state index in [4.69, 9.17) is 9.66 Å². The van der Waals surface area contributed by atoms with Gasteiger partial charge in [0.05, 0.1) is 5.75 Å². The van der Waals surface area contributed by atoms with Crippen LogP contribution in [0.1, 0.15) is 6.42 Å². The van der Waals surface area contributed by atoms with E-state index < -0.39 is 16.1 Å². The van der Waals surface area contributed by atoms with Crippen molar-refractivity contribution in [2.45, 2.75) is 6.42 Å². The van der Waals surface area contributed by atoms with Gasteiger partial charge in [0, 0.05) is 5.57 Å². The Kier molecular flexibility index (Phi) is 2.20. The molecule has 0 aromatic heterocycles. The van der Waals surface area contributed by atoms with Gasteiger partial charge in [-0.05, 0) is 12.3 Å². The lowest BCUT2D eigenvalue weighted by Gasteiger charge is -2.20. The summed E-state index contributed by atoms with van der Waals surface area (Å²) >= 11 is 0. The Morgan fingerprint density at radius 1 is 1.67 bits per heavy atom. The molecule has 0 amide bonds. The van der Waals surface area contributed by atoms with Gasteiger partial charge < -0.3 is 5.11 Å². The van der Waals surface area contributed by atoms with E-state index >= 15 is 0 Å². The quantitative estimate of drug-likeness (QED) is 0.609. The summed E-state index contributed by atoms with van der Waals surface area (Å²) in [7, 11) is -3.97. The highest BCUT2D eigenvalue weighted by Crippen LogP contribution is 2.26. The molecule has 0 spiro atoms. The molecule has 1 aliphatic rings. The number of aliphatic carboxylic acids is 1. The molecule has 5 nitrogen and oxygen atoms in total. The van der Waals surface area contributed by atoms with Crippen LogP contribution in [0.25, 0.3) is 0 Å². The van der Waals surface area contributed by atoms with Gasteiger partial charge >= 0.3 is 5.97 Å². The Labute approximate surface area is 69.5 Å². The highest BCUT2D eigenvalue weighted by Gasteiger charge is 2.27. The lowest BCUT2D eigenvalue weighted by molar-refractivity contribution is -0.133. The molecule has 0 saturated carbocycles. The van der Waals surface area contributed by atoms with Crippen molar-refractivity contribution in [3.05, 3.63) is 11.6 Å². The largest absolute Gasteiger partial charge is 0.478 e. The van der Waals surface area contributed by atoms with Crippen LogP contribution >= 0.6 is 0 Å². The van der Waals surface area contributed by atoms with Crippen LogP contribution in [0.4, 0.5) is 0 Å². The number of carboxylic acids is 1. The molecule has 1 aliphatic carbocycles. The smallest absolute Gasteiger partial charge is 0.331 e. The molecule has 0 aliphatic heterocycles. The first-order chi connectivity index (χ1) is 5.38. The highest BCUT2D eigenvalue weighted by atomic mass is 32.2. The zero-order valence-corrected chi connectivity index (χ0v) is 6.91. The molecule has 2 N–H and O–H groups in total. The molecule has 12 heavy (non-hydrogen) atoms. The van der Waals surface area contributed by atoms with Crippen LogP contribution < -0.4 is 0 Å². The van der Waals surface area contributed by atoms with Gasteiger partial charge in [0.15, 0.2) is 0 Å². The second kappa shape index (κ2) is 2.87. The molecule has 6 heteroatoms. The lowest BCUT2D eigenvalue weighted by atomic mass is 9.88. The van der Waals surface area contributed by atoms with Crippen molar-refractivity contribution in [2.75, 3.05) is 5.75 Å². The SMILES string of the molecule is O=C(O)C1=CC(CS(=O)(=O)O)C1. The fourth-order valence-electron chi connectivity index (χ4n) is 1.07. The molecule has 0 aromatic rings. The van der Waals surface area contributed by atoms with Gasteiger partial charge in [0.1, 0.15) is 0 Å². The zero-order chi connectivity index (χ0) is 9.35. The van der Waals surface area contributed by atoms with Crippen LogP contribution in [0.15, 0.2) is 11.6 Å². The third-order valence-corrected chi connectivity index (χ3v) is 2.47. The summed E-state index contributed by atoms with van der Waals surface area (Å²) in [6, 6.07) is 0.